The normalized spacial score (nSPS) is 12.5. The maximum absolute atomic E-state index is 12.6. The lowest BCUT2D eigenvalue weighted by Crippen LogP contribution is -2.41. The third-order valence-corrected chi connectivity index (χ3v) is 5.67. The first-order valence-corrected chi connectivity index (χ1v) is 9.74. The Morgan fingerprint density at radius 3 is 2.35 bits per heavy atom. The van der Waals surface area contributed by atoms with Gasteiger partial charge in [0.1, 0.15) is 10.6 Å². The van der Waals surface area contributed by atoms with Gasteiger partial charge in [0, 0.05) is 10.7 Å². The minimum atomic E-state index is -4.00. The van der Waals surface area contributed by atoms with Crippen LogP contribution in [0.15, 0.2) is 41.3 Å². The first-order chi connectivity index (χ1) is 12.2. The number of para-hydroxylation sites is 1. The van der Waals surface area contributed by atoms with Gasteiger partial charge >= 0.3 is 0 Å². The van der Waals surface area contributed by atoms with Gasteiger partial charge in [-0.2, -0.15) is 4.72 Å². The molecule has 6 nitrogen and oxygen atoms in total. The molecule has 0 radical (unpaired) electrons. The van der Waals surface area contributed by atoms with Crippen molar-refractivity contribution in [3.8, 4) is 5.75 Å². The number of methoxy groups -OCH3 is 1. The third-order valence-electron chi connectivity index (χ3n) is 3.87. The fourth-order valence-electron chi connectivity index (χ4n) is 2.45. The van der Waals surface area contributed by atoms with E-state index in [9.17, 15) is 13.2 Å². The van der Waals surface area contributed by atoms with Crippen molar-refractivity contribution in [1.29, 1.82) is 0 Å². The highest BCUT2D eigenvalue weighted by atomic mass is 35.5. The molecule has 2 aromatic rings. The highest BCUT2D eigenvalue weighted by molar-refractivity contribution is 7.89. The molecular formula is C18H21ClN2O4S. The number of nitrogens with one attached hydrogen (secondary N) is 2. The molecule has 2 N–H and O–H groups in total. The fraction of sp³-hybridized carbons (Fsp3) is 0.278. The summed E-state index contributed by atoms with van der Waals surface area (Å²) < 4.78 is 32.7. The molecule has 0 saturated carbocycles. The van der Waals surface area contributed by atoms with E-state index in [4.69, 9.17) is 16.3 Å². The van der Waals surface area contributed by atoms with E-state index in [0.29, 0.717) is 5.69 Å². The van der Waals surface area contributed by atoms with Crippen molar-refractivity contribution in [2.45, 2.75) is 31.7 Å². The minimum Gasteiger partial charge on any atom is -0.495 e. The second-order valence-electron chi connectivity index (χ2n) is 5.89. The molecule has 0 bridgehead atoms. The zero-order valence-electron chi connectivity index (χ0n) is 15.0. The average Bonchev–Trinajstić information content (AvgIpc) is 2.57. The molecule has 8 heteroatoms. The number of carbonyl (C=O) groups excluding carboxylic acids is 1. The second kappa shape index (κ2) is 8.07. The standard InChI is InChI=1S/C18H21ClN2O4S/c1-11-6-5-7-12(2)17(11)20-18(22)13(3)21-26(23,24)16-10-14(19)8-9-15(16)25-4/h5-10,13,21H,1-4H3,(H,20,22)/t13-/m0/s1. The van der Waals surface area contributed by atoms with Gasteiger partial charge in [-0.05, 0) is 50.1 Å². The zero-order valence-corrected chi connectivity index (χ0v) is 16.5. The quantitative estimate of drug-likeness (QED) is 0.784. The van der Waals surface area contributed by atoms with Gasteiger partial charge in [-0.3, -0.25) is 4.79 Å². The van der Waals surface area contributed by atoms with Crippen molar-refractivity contribution < 1.29 is 17.9 Å². The van der Waals surface area contributed by atoms with Crippen LogP contribution in [-0.4, -0.2) is 27.5 Å². The van der Waals surface area contributed by atoms with Gasteiger partial charge in [0.2, 0.25) is 15.9 Å². The van der Waals surface area contributed by atoms with E-state index in [-0.39, 0.29) is 15.7 Å². The van der Waals surface area contributed by atoms with Gasteiger partial charge in [0.15, 0.2) is 0 Å². The van der Waals surface area contributed by atoms with E-state index in [0.717, 1.165) is 11.1 Å². The summed E-state index contributed by atoms with van der Waals surface area (Å²) in [6.07, 6.45) is 0. The summed E-state index contributed by atoms with van der Waals surface area (Å²) in [5.74, 6) is -0.323. The first kappa shape index (κ1) is 20.2. The van der Waals surface area contributed by atoms with Crippen molar-refractivity contribution in [2.75, 3.05) is 12.4 Å². The molecule has 1 atom stereocenters. The topological polar surface area (TPSA) is 84.5 Å². The SMILES string of the molecule is COc1ccc(Cl)cc1S(=O)(=O)N[C@@H](C)C(=O)Nc1c(C)cccc1C. The Kier molecular flexibility index (Phi) is 6.28. The number of anilines is 1. The summed E-state index contributed by atoms with van der Waals surface area (Å²) >= 11 is 5.89. The third kappa shape index (κ3) is 4.55. The number of sulfonamides is 1. The van der Waals surface area contributed by atoms with Crippen molar-refractivity contribution in [3.63, 3.8) is 0 Å². The molecule has 0 unspecified atom stereocenters. The average molecular weight is 397 g/mol. The highest BCUT2D eigenvalue weighted by Gasteiger charge is 2.25. The number of aryl methyl sites for hydroxylation is 2. The summed E-state index contributed by atoms with van der Waals surface area (Å²) in [4.78, 5) is 12.3. The maximum atomic E-state index is 12.6. The van der Waals surface area contributed by atoms with Crippen LogP contribution in [-0.2, 0) is 14.8 Å². The highest BCUT2D eigenvalue weighted by Crippen LogP contribution is 2.27. The second-order valence-corrected chi connectivity index (χ2v) is 8.01. The van der Waals surface area contributed by atoms with Crippen LogP contribution in [0.4, 0.5) is 5.69 Å². The number of ether oxygens (including phenoxy) is 1. The van der Waals surface area contributed by atoms with Crippen molar-refractivity contribution in [2.24, 2.45) is 0 Å². The number of carbonyl (C=O) groups is 1. The molecule has 0 heterocycles. The number of hydrogen-bond donors (Lipinski definition) is 2. The van der Waals surface area contributed by atoms with E-state index in [1.807, 2.05) is 32.0 Å². The molecule has 0 spiro atoms. The van der Waals surface area contributed by atoms with Crippen LogP contribution >= 0.6 is 11.6 Å². The van der Waals surface area contributed by atoms with E-state index >= 15 is 0 Å². The molecule has 2 aromatic carbocycles. The number of benzene rings is 2. The number of amides is 1. The Hall–Kier alpha value is -2.09. The van der Waals surface area contributed by atoms with Gasteiger partial charge < -0.3 is 10.1 Å². The Morgan fingerprint density at radius 1 is 1.15 bits per heavy atom. The lowest BCUT2D eigenvalue weighted by Gasteiger charge is -2.18. The van der Waals surface area contributed by atoms with Gasteiger partial charge in [-0.25, -0.2) is 8.42 Å². The molecule has 1 amide bonds. The molecular weight excluding hydrogens is 376 g/mol. The summed E-state index contributed by atoms with van der Waals surface area (Å²) in [7, 11) is -2.64. The van der Waals surface area contributed by atoms with Crippen LogP contribution in [0.2, 0.25) is 5.02 Å². The summed E-state index contributed by atoms with van der Waals surface area (Å²) in [6.45, 7) is 5.21. The number of hydrogen-bond acceptors (Lipinski definition) is 4. The monoisotopic (exact) mass is 396 g/mol. The van der Waals surface area contributed by atoms with Gasteiger partial charge in [-0.1, -0.05) is 29.8 Å². The predicted octanol–water partition coefficient (Wildman–Crippen LogP) is 3.27. The van der Waals surface area contributed by atoms with Crippen LogP contribution in [0.1, 0.15) is 18.1 Å². The molecule has 2 rings (SSSR count). The molecule has 0 fully saturated rings. The Bertz CT molecular complexity index is 909. The summed E-state index contributed by atoms with van der Waals surface area (Å²) in [5.41, 5.74) is 2.46. The van der Waals surface area contributed by atoms with Gasteiger partial charge in [0.25, 0.3) is 0 Å². The van der Waals surface area contributed by atoms with Crippen LogP contribution < -0.4 is 14.8 Å². The molecule has 26 heavy (non-hydrogen) atoms. The van der Waals surface area contributed by atoms with Gasteiger partial charge in [-0.15, -0.1) is 0 Å². The van der Waals surface area contributed by atoms with Crippen molar-refractivity contribution >= 4 is 33.2 Å². The maximum Gasteiger partial charge on any atom is 0.245 e. The Morgan fingerprint density at radius 2 is 1.77 bits per heavy atom. The lowest BCUT2D eigenvalue weighted by molar-refractivity contribution is -0.117. The number of rotatable bonds is 6. The van der Waals surface area contributed by atoms with Crippen LogP contribution in [0.5, 0.6) is 5.75 Å². The zero-order chi connectivity index (χ0) is 19.5. The lowest BCUT2D eigenvalue weighted by atomic mass is 10.1. The van der Waals surface area contributed by atoms with Crippen molar-refractivity contribution in [3.05, 3.63) is 52.5 Å². The first-order valence-electron chi connectivity index (χ1n) is 7.88. The Labute approximate surface area is 158 Å². The molecule has 0 aliphatic rings. The van der Waals surface area contributed by atoms with Crippen LogP contribution in [0, 0.1) is 13.8 Å². The largest absolute Gasteiger partial charge is 0.495 e. The van der Waals surface area contributed by atoms with E-state index in [2.05, 4.69) is 10.0 Å². The van der Waals surface area contributed by atoms with Crippen molar-refractivity contribution in [1.82, 2.24) is 4.72 Å². The molecule has 0 aliphatic heterocycles. The minimum absolute atomic E-state index is 0.126. The molecule has 0 aromatic heterocycles. The predicted molar refractivity (Wildman–Crippen MR) is 102 cm³/mol. The van der Waals surface area contributed by atoms with E-state index < -0.39 is 22.0 Å². The summed E-state index contributed by atoms with van der Waals surface area (Å²) in [5, 5.41) is 3.02. The van der Waals surface area contributed by atoms with Crippen LogP contribution in [0.3, 0.4) is 0 Å². The van der Waals surface area contributed by atoms with Crippen LogP contribution in [0.25, 0.3) is 0 Å². The Balaban J connectivity index is 2.22. The fourth-order valence-corrected chi connectivity index (χ4v) is 4.09. The molecule has 0 aliphatic carbocycles. The van der Waals surface area contributed by atoms with Gasteiger partial charge in [0.05, 0.1) is 13.2 Å². The van der Waals surface area contributed by atoms with E-state index in [1.54, 1.807) is 0 Å². The smallest absolute Gasteiger partial charge is 0.245 e. The number of halogens is 1. The molecule has 140 valence electrons. The summed E-state index contributed by atoms with van der Waals surface area (Å²) in [6, 6.07) is 8.89. The van der Waals surface area contributed by atoms with E-state index in [1.165, 1.54) is 32.2 Å². The molecule has 0 saturated heterocycles.